The Bertz CT molecular complexity index is 1190. The van der Waals surface area contributed by atoms with Gasteiger partial charge in [-0.3, -0.25) is 15.0 Å². The van der Waals surface area contributed by atoms with Crippen molar-refractivity contribution in [2.24, 2.45) is 5.92 Å². The number of ether oxygens (including phenoxy) is 1. The molecule has 2 aliphatic carbocycles. The zero-order valence-corrected chi connectivity index (χ0v) is 20.6. The molecule has 2 aromatic rings. The number of fused-ring (bicyclic) bond motifs is 3. The van der Waals surface area contributed by atoms with Gasteiger partial charge in [0, 0.05) is 34.6 Å². The zero-order chi connectivity index (χ0) is 25.1. The third-order valence-electron chi connectivity index (χ3n) is 7.12. The van der Waals surface area contributed by atoms with Gasteiger partial charge in [-0.2, -0.15) is 0 Å². The summed E-state index contributed by atoms with van der Waals surface area (Å²) in [5, 5.41) is 14.6. The predicted octanol–water partition coefficient (Wildman–Crippen LogP) is 5.46. The van der Waals surface area contributed by atoms with Crippen molar-refractivity contribution in [3.63, 3.8) is 0 Å². The van der Waals surface area contributed by atoms with E-state index < -0.39 is 18.1 Å². The molecule has 4 aliphatic rings. The molecule has 2 amide bonds. The van der Waals surface area contributed by atoms with Crippen LogP contribution in [0.4, 0.5) is 10.5 Å². The largest absolute Gasteiger partial charge is 0.431 e. The minimum Gasteiger partial charge on any atom is -0.431 e. The van der Waals surface area contributed by atoms with Crippen molar-refractivity contribution < 1.29 is 14.3 Å². The molecular weight excluding hydrogens is 476 g/mol. The number of nitrogens with one attached hydrogen (secondary N) is 3. The highest BCUT2D eigenvalue weighted by Gasteiger charge is 2.38. The highest BCUT2D eigenvalue weighted by Crippen LogP contribution is 2.37. The van der Waals surface area contributed by atoms with E-state index in [-0.39, 0.29) is 6.04 Å². The maximum atomic E-state index is 13.2. The summed E-state index contributed by atoms with van der Waals surface area (Å²) in [7, 11) is 0. The number of piperidine rings is 2. The van der Waals surface area contributed by atoms with Gasteiger partial charge in [0.05, 0.1) is 11.8 Å². The van der Waals surface area contributed by atoms with Gasteiger partial charge >= 0.3 is 6.09 Å². The highest BCUT2D eigenvalue weighted by atomic mass is 35.5. The molecule has 1 saturated carbocycles. The van der Waals surface area contributed by atoms with Crippen molar-refractivity contribution in [2.45, 2.75) is 43.9 Å². The van der Waals surface area contributed by atoms with Crippen LogP contribution in [0.25, 0.3) is 0 Å². The number of amides is 2. The number of allylic oxidation sites excluding steroid dienone is 1. The number of rotatable bonds is 6. The normalized spacial score (nSPS) is 24.1. The number of hydrogen-bond donors (Lipinski definition) is 3. The van der Waals surface area contributed by atoms with Gasteiger partial charge in [-0.25, -0.2) is 4.79 Å². The Hall–Kier alpha value is -3.42. The second-order valence-corrected chi connectivity index (χ2v) is 9.98. The molecule has 2 aromatic carbocycles. The molecule has 2 atom stereocenters. The number of nitrogens with zero attached hydrogens (tertiary/aromatic N) is 1. The molecule has 3 fully saturated rings. The number of hydrogen-bond acceptors (Lipinski definition) is 5. The van der Waals surface area contributed by atoms with Crippen molar-refractivity contribution in [2.75, 3.05) is 11.9 Å². The Balaban J connectivity index is 1.26. The standard InChI is InChI=1S/C28H29ClN4O3/c29-20-8-10-21(11-9-20)32-28(35)36-26(19-4-2-1-3-5-19)27(34)31-22-12-15-25(24(30)16-22)33-17-18-6-13-23(33)14-7-18/h1-5,8-12,15-16,18,23,25-26,30H,6-7,13-14,17H2,(H,31,34)(H,32,35)/t18?,23?,25?,26-/m1/s1. The number of carbonyl (C=O) groups is 2. The molecule has 6 rings (SSSR count). The van der Waals surface area contributed by atoms with Crippen molar-refractivity contribution in [3.05, 3.63) is 89.1 Å². The van der Waals surface area contributed by atoms with E-state index in [1.54, 1.807) is 54.6 Å². The number of halogens is 1. The van der Waals surface area contributed by atoms with Gasteiger partial charge in [0.15, 0.2) is 0 Å². The first kappa shape index (κ1) is 24.3. The number of benzene rings is 2. The van der Waals surface area contributed by atoms with Gasteiger partial charge in [0.25, 0.3) is 5.91 Å². The average molecular weight is 505 g/mol. The third kappa shape index (κ3) is 5.53. The lowest BCUT2D eigenvalue weighted by atomic mass is 9.78. The summed E-state index contributed by atoms with van der Waals surface area (Å²) in [6.07, 6.45) is 8.57. The summed E-state index contributed by atoms with van der Waals surface area (Å²) in [4.78, 5) is 28.3. The molecule has 1 unspecified atom stereocenters. The van der Waals surface area contributed by atoms with Crippen LogP contribution in [-0.4, -0.2) is 41.2 Å². The van der Waals surface area contributed by atoms with E-state index in [4.69, 9.17) is 21.7 Å². The topological polar surface area (TPSA) is 94.5 Å². The first-order chi connectivity index (χ1) is 17.5. The van der Waals surface area contributed by atoms with Gasteiger partial charge in [-0.05, 0) is 68.0 Å². The van der Waals surface area contributed by atoms with Crippen LogP contribution in [0.1, 0.15) is 37.4 Å². The first-order valence-corrected chi connectivity index (χ1v) is 12.7. The summed E-state index contributed by atoms with van der Waals surface area (Å²) in [6, 6.07) is 15.9. The van der Waals surface area contributed by atoms with E-state index >= 15 is 0 Å². The molecule has 3 N–H and O–H groups in total. The molecule has 186 valence electrons. The van der Waals surface area contributed by atoms with Gasteiger partial charge < -0.3 is 15.5 Å². The Kier molecular flexibility index (Phi) is 7.20. The molecule has 0 aromatic heterocycles. The van der Waals surface area contributed by atoms with E-state index in [0.717, 1.165) is 12.5 Å². The van der Waals surface area contributed by atoms with Gasteiger partial charge in [0.1, 0.15) is 0 Å². The second-order valence-electron chi connectivity index (χ2n) is 9.55. The maximum Gasteiger partial charge on any atom is 0.412 e. The maximum absolute atomic E-state index is 13.2. The third-order valence-corrected chi connectivity index (χ3v) is 7.37. The quantitative estimate of drug-likeness (QED) is 0.486. The first-order valence-electron chi connectivity index (χ1n) is 12.3. The lowest BCUT2D eigenvalue weighted by Gasteiger charge is -2.48. The summed E-state index contributed by atoms with van der Waals surface area (Å²) in [6.45, 7) is 1.03. The van der Waals surface area contributed by atoms with Gasteiger partial charge in [-0.15, -0.1) is 0 Å². The van der Waals surface area contributed by atoms with Crippen LogP contribution in [-0.2, 0) is 9.53 Å². The van der Waals surface area contributed by atoms with E-state index in [2.05, 4.69) is 15.5 Å². The van der Waals surface area contributed by atoms with Crippen molar-refractivity contribution in [3.8, 4) is 0 Å². The average Bonchev–Trinajstić information content (AvgIpc) is 2.90. The fourth-order valence-corrected chi connectivity index (χ4v) is 5.44. The van der Waals surface area contributed by atoms with E-state index in [0.29, 0.717) is 33.7 Å². The van der Waals surface area contributed by atoms with Gasteiger partial charge in [0.2, 0.25) is 6.10 Å². The lowest BCUT2D eigenvalue weighted by Crippen LogP contribution is -2.54. The number of carbonyl (C=O) groups excluding carboxylic acids is 2. The van der Waals surface area contributed by atoms with Crippen LogP contribution in [0.2, 0.25) is 5.02 Å². The molecule has 0 radical (unpaired) electrons. The van der Waals surface area contributed by atoms with Gasteiger partial charge in [-0.1, -0.05) is 48.0 Å². The van der Waals surface area contributed by atoms with E-state index in [1.165, 1.54) is 25.7 Å². The second kappa shape index (κ2) is 10.7. The molecular formula is C28H29ClN4O3. The Morgan fingerprint density at radius 2 is 1.72 bits per heavy atom. The van der Waals surface area contributed by atoms with Crippen LogP contribution in [0, 0.1) is 11.3 Å². The van der Waals surface area contributed by atoms with Crippen LogP contribution in [0.3, 0.4) is 0 Å². The molecule has 2 heterocycles. The SMILES string of the molecule is N=C1C=C(NC(=O)[C@H](OC(=O)Nc2ccc(Cl)cc2)c2ccccc2)C=CC1N1CC2CCC1CC2. The Labute approximate surface area is 215 Å². The molecule has 2 aliphatic heterocycles. The van der Waals surface area contributed by atoms with E-state index in [9.17, 15) is 9.59 Å². The Morgan fingerprint density at radius 1 is 1.00 bits per heavy atom. The van der Waals surface area contributed by atoms with Crippen LogP contribution in [0.15, 0.2) is 78.5 Å². The lowest BCUT2D eigenvalue weighted by molar-refractivity contribution is -0.128. The smallest absolute Gasteiger partial charge is 0.412 e. The minimum atomic E-state index is -1.17. The summed E-state index contributed by atoms with van der Waals surface area (Å²) in [5.74, 6) is 0.232. The fourth-order valence-electron chi connectivity index (χ4n) is 5.31. The molecule has 8 heteroatoms. The van der Waals surface area contributed by atoms with Crippen molar-refractivity contribution in [1.29, 1.82) is 5.41 Å². The number of anilines is 1. The van der Waals surface area contributed by atoms with Crippen molar-refractivity contribution >= 4 is 35.0 Å². The predicted molar refractivity (Wildman–Crippen MR) is 140 cm³/mol. The summed E-state index contributed by atoms with van der Waals surface area (Å²) < 4.78 is 5.54. The van der Waals surface area contributed by atoms with E-state index in [1.807, 2.05) is 18.2 Å². The van der Waals surface area contributed by atoms with Crippen LogP contribution in [0.5, 0.6) is 0 Å². The summed E-state index contributed by atoms with van der Waals surface area (Å²) >= 11 is 5.90. The molecule has 2 bridgehead atoms. The van der Waals surface area contributed by atoms with Crippen LogP contribution < -0.4 is 10.6 Å². The minimum absolute atomic E-state index is 0.0647. The molecule has 2 saturated heterocycles. The monoisotopic (exact) mass is 504 g/mol. The Morgan fingerprint density at radius 3 is 2.36 bits per heavy atom. The molecule has 36 heavy (non-hydrogen) atoms. The highest BCUT2D eigenvalue weighted by molar-refractivity contribution is 6.30. The molecule has 0 spiro atoms. The van der Waals surface area contributed by atoms with Crippen molar-refractivity contribution in [1.82, 2.24) is 10.2 Å². The summed E-state index contributed by atoms with van der Waals surface area (Å²) in [5.41, 5.74) is 2.00. The molecule has 7 nitrogen and oxygen atoms in total. The van der Waals surface area contributed by atoms with Crippen LogP contribution >= 0.6 is 11.6 Å². The zero-order valence-electron chi connectivity index (χ0n) is 19.8. The fraction of sp³-hybridized carbons (Fsp3) is 0.321.